The second-order valence-electron chi connectivity index (χ2n) is 7.03. The fraction of sp³-hybridized carbons (Fsp3) is 0.526. The summed E-state index contributed by atoms with van der Waals surface area (Å²) in [4.78, 5) is 6.52. The number of nitrogens with one attached hydrogen (secondary N) is 1. The van der Waals surface area contributed by atoms with E-state index < -0.39 is 0 Å². The molecule has 0 amide bonds. The van der Waals surface area contributed by atoms with Crippen molar-refractivity contribution in [2.75, 3.05) is 19.9 Å². The Morgan fingerprint density at radius 1 is 1.28 bits per heavy atom. The number of rotatable bonds is 7. The Morgan fingerprint density at radius 3 is 2.92 bits per heavy atom. The molecule has 6 heteroatoms. The predicted octanol–water partition coefficient (Wildman–Crippen LogP) is 2.51. The predicted molar refractivity (Wildman–Crippen MR) is 93.8 cm³/mol. The topological polar surface area (TPSA) is 59.8 Å². The fourth-order valence-corrected chi connectivity index (χ4v) is 3.47. The number of hydrogen-bond acceptors (Lipinski definition) is 6. The van der Waals surface area contributed by atoms with Crippen molar-refractivity contribution in [1.29, 1.82) is 0 Å². The van der Waals surface area contributed by atoms with E-state index >= 15 is 0 Å². The van der Waals surface area contributed by atoms with Gasteiger partial charge in [-0.05, 0) is 37.5 Å². The van der Waals surface area contributed by atoms with Crippen LogP contribution in [0.5, 0.6) is 11.5 Å². The Morgan fingerprint density at radius 2 is 2.12 bits per heavy atom. The highest BCUT2D eigenvalue weighted by molar-refractivity contribution is 5.44. The van der Waals surface area contributed by atoms with Gasteiger partial charge in [0.15, 0.2) is 17.4 Å². The zero-order valence-corrected chi connectivity index (χ0v) is 14.8. The highest BCUT2D eigenvalue weighted by atomic mass is 16.7. The van der Waals surface area contributed by atoms with Crippen molar-refractivity contribution in [2.24, 2.45) is 0 Å². The van der Waals surface area contributed by atoms with E-state index in [4.69, 9.17) is 13.9 Å². The number of oxazole rings is 1. The van der Waals surface area contributed by atoms with Crippen molar-refractivity contribution < 1.29 is 13.9 Å². The minimum absolute atomic E-state index is 0.336. The monoisotopic (exact) mass is 343 g/mol. The van der Waals surface area contributed by atoms with Gasteiger partial charge in [-0.15, -0.1) is 0 Å². The zero-order valence-electron chi connectivity index (χ0n) is 14.8. The van der Waals surface area contributed by atoms with Crippen LogP contribution < -0.4 is 14.8 Å². The maximum Gasteiger partial charge on any atom is 0.231 e. The number of likely N-dealkylation sites (tertiary alicyclic amines) is 1. The van der Waals surface area contributed by atoms with Crippen molar-refractivity contribution in [3.8, 4) is 11.5 Å². The van der Waals surface area contributed by atoms with E-state index in [-0.39, 0.29) is 0 Å². The fourth-order valence-electron chi connectivity index (χ4n) is 3.47. The average Bonchev–Trinajstić information content (AvgIpc) is 3.19. The minimum atomic E-state index is 0.336. The molecule has 1 atom stereocenters. The van der Waals surface area contributed by atoms with Gasteiger partial charge in [0.05, 0.1) is 12.7 Å². The summed E-state index contributed by atoms with van der Waals surface area (Å²) in [5.41, 5.74) is 1.30. The normalized spacial score (nSPS) is 18.3. The molecule has 0 spiro atoms. The van der Waals surface area contributed by atoms with Gasteiger partial charge >= 0.3 is 0 Å². The van der Waals surface area contributed by atoms with Crippen LogP contribution >= 0.6 is 0 Å². The quantitative estimate of drug-likeness (QED) is 0.834. The smallest absolute Gasteiger partial charge is 0.231 e. The van der Waals surface area contributed by atoms with Crippen molar-refractivity contribution in [2.45, 2.75) is 45.3 Å². The molecule has 1 saturated heterocycles. The van der Waals surface area contributed by atoms with Crippen molar-refractivity contribution >= 4 is 0 Å². The third kappa shape index (κ3) is 3.96. The van der Waals surface area contributed by atoms with Gasteiger partial charge in [-0.3, -0.25) is 4.90 Å². The summed E-state index contributed by atoms with van der Waals surface area (Å²) in [6.07, 6.45) is 3.97. The zero-order chi connectivity index (χ0) is 17.2. The molecule has 3 heterocycles. The van der Waals surface area contributed by atoms with E-state index in [0.717, 1.165) is 55.6 Å². The Bertz CT molecular complexity index is 724. The molecule has 2 aliphatic rings. The summed E-state index contributed by atoms with van der Waals surface area (Å²) < 4.78 is 16.3. The lowest BCUT2D eigenvalue weighted by Crippen LogP contribution is -2.59. The number of benzene rings is 1. The standard InChI is InChI=1S/C19H25N3O3/c1-13(3-4-15-5-6-18-19(7-15)24-12-23-18)21-16-9-22(10-16)11-17-8-20-14(2)25-17/h5-8,13,16,21H,3-4,9-12H2,1-2H3. The first-order chi connectivity index (χ1) is 12.2. The van der Waals surface area contributed by atoms with Gasteiger partial charge in [0, 0.05) is 32.1 Å². The van der Waals surface area contributed by atoms with Crippen molar-refractivity contribution in [3.63, 3.8) is 0 Å². The molecule has 0 bridgehead atoms. The molecule has 6 nitrogen and oxygen atoms in total. The highest BCUT2D eigenvalue weighted by Crippen LogP contribution is 2.32. The molecule has 1 unspecified atom stereocenters. The van der Waals surface area contributed by atoms with E-state index in [1.807, 2.05) is 19.2 Å². The maximum absolute atomic E-state index is 5.53. The van der Waals surface area contributed by atoms with Gasteiger partial charge in [-0.25, -0.2) is 4.98 Å². The van der Waals surface area contributed by atoms with Crippen LogP contribution in [0.15, 0.2) is 28.8 Å². The molecule has 0 radical (unpaired) electrons. The van der Waals surface area contributed by atoms with Crippen LogP contribution in [-0.2, 0) is 13.0 Å². The summed E-state index contributed by atoms with van der Waals surface area (Å²) >= 11 is 0. The SMILES string of the molecule is Cc1ncc(CN2CC(NC(C)CCc3ccc4c(c3)OCO4)C2)o1. The molecule has 0 aliphatic carbocycles. The van der Waals surface area contributed by atoms with Crippen LogP contribution in [0.25, 0.3) is 0 Å². The van der Waals surface area contributed by atoms with Crippen LogP contribution in [0.1, 0.15) is 30.6 Å². The Balaban J connectivity index is 1.17. The largest absolute Gasteiger partial charge is 0.454 e. The van der Waals surface area contributed by atoms with Crippen LogP contribution in [0.2, 0.25) is 0 Å². The second kappa shape index (κ2) is 7.06. The third-order valence-corrected chi connectivity index (χ3v) is 4.83. The first-order valence-electron chi connectivity index (χ1n) is 8.94. The van der Waals surface area contributed by atoms with Crippen LogP contribution in [0.3, 0.4) is 0 Å². The number of aromatic nitrogens is 1. The van der Waals surface area contributed by atoms with E-state index in [2.05, 4.69) is 34.3 Å². The molecule has 4 rings (SSSR count). The maximum atomic E-state index is 5.53. The average molecular weight is 343 g/mol. The molecule has 1 fully saturated rings. The number of nitrogens with zero attached hydrogens (tertiary/aromatic N) is 2. The summed E-state index contributed by atoms with van der Waals surface area (Å²) in [7, 11) is 0. The van der Waals surface area contributed by atoms with E-state index in [9.17, 15) is 0 Å². The second-order valence-corrected chi connectivity index (χ2v) is 7.03. The first kappa shape index (κ1) is 16.4. The van der Waals surface area contributed by atoms with Gasteiger partial charge in [0.2, 0.25) is 6.79 Å². The van der Waals surface area contributed by atoms with Crippen molar-refractivity contribution in [1.82, 2.24) is 15.2 Å². The summed E-state index contributed by atoms with van der Waals surface area (Å²) in [5, 5.41) is 3.72. The van der Waals surface area contributed by atoms with Crippen molar-refractivity contribution in [3.05, 3.63) is 41.6 Å². The molecular weight excluding hydrogens is 318 g/mol. The van der Waals surface area contributed by atoms with Gasteiger partial charge in [-0.1, -0.05) is 6.07 Å². The summed E-state index contributed by atoms with van der Waals surface area (Å²) in [6, 6.07) is 7.29. The Labute approximate surface area is 148 Å². The number of aryl methyl sites for hydroxylation is 2. The first-order valence-corrected chi connectivity index (χ1v) is 8.94. The molecule has 0 saturated carbocycles. The molecule has 134 valence electrons. The third-order valence-electron chi connectivity index (χ3n) is 4.83. The van der Waals surface area contributed by atoms with E-state index in [1.54, 1.807) is 0 Å². The van der Waals surface area contributed by atoms with Gasteiger partial charge in [-0.2, -0.15) is 0 Å². The molecule has 2 aromatic rings. The molecular formula is C19H25N3O3. The highest BCUT2D eigenvalue weighted by Gasteiger charge is 2.28. The number of ether oxygens (including phenoxy) is 2. The van der Waals surface area contributed by atoms with Gasteiger partial charge in [0.25, 0.3) is 0 Å². The molecule has 2 aliphatic heterocycles. The molecule has 1 aromatic carbocycles. The minimum Gasteiger partial charge on any atom is -0.454 e. The van der Waals surface area contributed by atoms with Crippen LogP contribution in [-0.4, -0.2) is 41.9 Å². The number of hydrogen-bond donors (Lipinski definition) is 1. The van der Waals surface area contributed by atoms with Crippen LogP contribution in [0.4, 0.5) is 0 Å². The lowest BCUT2D eigenvalue weighted by molar-refractivity contribution is 0.102. The lowest BCUT2D eigenvalue weighted by atomic mass is 10.0. The van der Waals surface area contributed by atoms with Crippen LogP contribution in [0, 0.1) is 6.92 Å². The Kier molecular flexibility index (Phi) is 4.63. The molecule has 1 N–H and O–H groups in total. The summed E-state index contributed by atoms with van der Waals surface area (Å²) in [6.45, 7) is 7.45. The van der Waals surface area contributed by atoms with Gasteiger partial charge < -0.3 is 19.2 Å². The summed E-state index contributed by atoms with van der Waals surface area (Å²) in [5.74, 6) is 3.41. The lowest BCUT2D eigenvalue weighted by Gasteiger charge is -2.40. The molecule has 25 heavy (non-hydrogen) atoms. The Hall–Kier alpha value is -2.05. The van der Waals surface area contributed by atoms with E-state index in [1.165, 1.54) is 5.56 Å². The molecule has 1 aromatic heterocycles. The number of fused-ring (bicyclic) bond motifs is 1. The van der Waals surface area contributed by atoms with E-state index in [0.29, 0.717) is 18.9 Å². The van der Waals surface area contributed by atoms with Gasteiger partial charge in [0.1, 0.15) is 5.76 Å².